The number of amides is 1. The third-order valence-corrected chi connectivity index (χ3v) is 8.01. The Morgan fingerprint density at radius 2 is 1.74 bits per heavy atom. The van der Waals surface area contributed by atoms with Crippen molar-refractivity contribution < 1.29 is 14.3 Å². The van der Waals surface area contributed by atoms with E-state index in [4.69, 9.17) is 21.1 Å². The Morgan fingerprint density at radius 1 is 0.976 bits per heavy atom. The number of nitrogens with zero attached hydrogens (tertiary/aromatic N) is 3. The number of hydrogen-bond acceptors (Lipinski definition) is 5. The van der Waals surface area contributed by atoms with Crippen molar-refractivity contribution in [3.05, 3.63) is 81.7 Å². The highest BCUT2D eigenvalue weighted by molar-refractivity contribution is 6.30. The number of halogens is 1. The van der Waals surface area contributed by atoms with Gasteiger partial charge >= 0.3 is 6.09 Å². The number of aryl methyl sites for hydroxylation is 1. The van der Waals surface area contributed by atoms with Crippen molar-refractivity contribution in [2.75, 3.05) is 32.8 Å². The van der Waals surface area contributed by atoms with Crippen molar-refractivity contribution in [1.29, 1.82) is 0 Å². The second kappa shape index (κ2) is 13.2. The van der Waals surface area contributed by atoms with Crippen LogP contribution >= 0.6 is 11.6 Å². The van der Waals surface area contributed by atoms with Crippen LogP contribution in [-0.4, -0.2) is 58.3 Å². The minimum Gasteiger partial charge on any atom is -0.493 e. The molecule has 1 fully saturated rings. The SMILES string of the molecule is CC(C)(C)OC(=O)NCCCOc1ccc2c(c1)n1cccc1c(=O)n2CCCN1CCC(c2ccc(Cl)cc2)CC1. The number of rotatable bonds is 10. The summed E-state index contributed by atoms with van der Waals surface area (Å²) in [5, 5.41) is 3.54. The predicted molar refractivity (Wildman–Crippen MR) is 168 cm³/mol. The van der Waals surface area contributed by atoms with Gasteiger partial charge in [0.05, 0.1) is 17.6 Å². The van der Waals surface area contributed by atoms with Crippen molar-refractivity contribution in [2.45, 2.75) is 64.5 Å². The Morgan fingerprint density at radius 3 is 2.48 bits per heavy atom. The van der Waals surface area contributed by atoms with E-state index in [0.29, 0.717) is 37.6 Å². The smallest absolute Gasteiger partial charge is 0.407 e. The van der Waals surface area contributed by atoms with Gasteiger partial charge in [-0.3, -0.25) is 4.79 Å². The van der Waals surface area contributed by atoms with E-state index in [9.17, 15) is 9.59 Å². The molecule has 0 bridgehead atoms. The van der Waals surface area contributed by atoms with Crippen LogP contribution in [0.2, 0.25) is 5.02 Å². The molecule has 0 atom stereocenters. The van der Waals surface area contributed by atoms with E-state index in [1.807, 2.05) is 78.4 Å². The lowest BCUT2D eigenvalue weighted by molar-refractivity contribution is 0.0525. The number of carbonyl (C=O) groups excluding carboxylic acids is 1. The van der Waals surface area contributed by atoms with E-state index in [1.165, 1.54) is 5.56 Å². The van der Waals surface area contributed by atoms with Crippen molar-refractivity contribution >= 4 is 34.2 Å². The molecule has 2 aromatic carbocycles. The molecule has 3 heterocycles. The van der Waals surface area contributed by atoms with Crippen LogP contribution in [0.15, 0.2) is 65.6 Å². The first-order chi connectivity index (χ1) is 20.2. The maximum atomic E-state index is 13.4. The van der Waals surface area contributed by atoms with Crippen LogP contribution in [0.3, 0.4) is 0 Å². The molecule has 0 radical (unpaired) electrons. The summed E-state index contributed by atoms with van der Waals surface area (Å²) >= 11 is 6.06. The van der Waals surface area contributed by atoms with Gasteiger partial charge in [-0.2, -0.15) is 0 Å². The van der Waals surface area contributed by atoms with Gasteiger partial charge in [-0.1, -0.05) is 23.7 Å². The number of alkyl carbamates (subject to hydrolysis) is 1. The predicted octanol–water partition coefficient (Wildman–Crippen LogP) is 6.47. The van der Waals surface area contributed by atoms with Gasteiger partial charge < -0.3 is 28.7 Å². The molecule has 8 nitrogen and oxygen atoms in total. The van der Waals surface area contributed by atoms with Gasteiger partial charge in [-0.05, 0) is 114 Å². The van der Waals surface area contributed by atoms with Crippen LogP contribution in [-0.2, 0) is 11.3 Å². The fourth-order valence-electron chi connectivity index (χ4n) is 5.69. The Hall–Kier alpha value is -3.49. The highest BCUT2D eigenvalue weighted by Crippen LogP contribution is 2.29. The van der Waals surface area contributed by atoms with Gasteiger partial charge in [0, 0.05) is 30.4 Å². The monoisotopic (exact) mass is 592 g/mol. The van der Waals surface area contributed by atoms with Crippen LogP contribution in [0.25, 0.3) is 16.6 Å². The zero-order valence-electron chi connectivity index (χ0n) is 24.8. The van der Waals surface area contributed by atoms with E-state index in [2.05, 4.69) is 22.3 Å². The molecule has 4 aromatic rings. The normalized spacial score (nSPS) is 14.9. The summed E-state index contributed by atoms with van der Waals surface area (Å²) in [6.45, 7) is 10.2. The highest BCUT2D eigenvalue weighted by atomic mass is 35.5. The number of likely N-dealkylation sites (tertiary alicyclic amines) is 1. The largest absolute Gasteiger partial charge is 0.493 e. The fourth-order valence-corrected chi connectivity index (χ4v) is 5.82. The van der Waals surface area contributed by atoms with Crippen molar-refractivity contribution in [2.24, 2.45) is 0 Å². The maximum Gasteiger partial charge on any atom is 0.407 e. The summed E-state index contributed by atoms with van der Waals surface area (Å²) in [5.74, 6) is 1.31. The molecular weight excluding hydrogens is 552 g/mol. The third-order valence-electron chi connectivity index (χ3n) is 7.75. The first kappa shape index (κ1) is 30.0. The Balaban J connectivity index is 1.18. The average molecular weight is 593 g/mol. The summed E-state index contributed by atoms with van der Waals surface area (Å²) in [6, 6.07) is 17.9. The number of benzene rings is 2. The van der Waals surface area contributed by atoms with Gasteiger partial charge in [0.2, 0.25) is 0 Å². The summed E-state index contributed by atoms with van der Waals surface area (Å²) in [5.41, 5.74) is 3.36. The van der Waals surface area contributed by atoms with Gasteiger partial charge in [-0.25, -0.2) is 4.79 Å². The lowest BCUT2D eigenvalue weighted by Gasteiger charge is -2.32. The topological polar surface area (TPSA) is 77.2 Å². The molecule has 42 heavy (non-hydrogen) atoms. The number of nitrogens with one attached hydrogen (secondary N) is 1. The standard InChI is InChI=1S/C33H41ClN4O4/c1-33(2,3)42-32(40)35-16-5-22-41-27-12-13-28-30(23-27)37-18-4-7-29(37)31(39)38(28)19-6-17-36-20-14-25(15-21-36)24-8-10-26(34)11-9-24/h4,7-13,18,23,25H,5-6,14-17,19-22H2,1-3H3,(H,35,40). The van der Waals surface area contributed by atoms with E-state index >= 15 is 0 Å². The van der Waals surface area contributed by atoms with Crippen LogP contribution < -0.4 is 15.6 Å². The summed E-state index contributed by atoms with van der Waals surface area (Å²) < 4.78 is 15.1. The van der Waals surface area contributed by atoms with Gasteiger partial charge in [0.25, 0.3) is 5.56 Å². The number of hydrogen-bond donors (Lipinski definition) is 1. The lowest BCUT2D eigenvalue weighted by atomic mass is 9.89. The molecule has 9 heteroatoms. The molecule has 1 saturated heterocycles. The van der Waals surface area contributed by atoms with E-state index in [1.54, 1.807) is 0 Å². The summed E-state index contributed by atoms with van der Waals surface area (Å²) in [7, 11) is 0. The Bertz CT molecular complexity index is 1560. The van der Waals surface area contributed by atoms with Crippen LogP contribution in [0.4, 0.5) is 4.79 Å². The molecular formula is C33H41ClN4O4. The quantitative estimate of drug-likeness (QED) is 0.214. The molecule has 5 rings (SSSR count). The number of carbonyl (C=O) groups is 1. The molecule has 2 aromatic heterocycles. The van der Waals surface area contributed by atoms with Crippen molar-refractivity contribution in [1.82, 2.24) is 19.2 Å². The summed E-state index contributed by atoms with van der Waals surface area (Å²) in [6.07, 6.45) is 5.32. The number of ether oxygens (including phenoxy) is 2. The number of fused-ring (bicyclic) bond motifs is 3. The minimum atomic E-state index is -0.522. The molecule has 0 unspecified atom stereocenters. The Labute approximate surface area is 252 Å². The second-order valence-corrected chi connectivity index (χ2v) is 12.5. The average Bonchev–Trinajstić information content (AvgIpc) is 3.45. The van der Waals surface area contributed by atoms with E-state index in [0.717, 1.165) is 60.7 Å². The van der Waals surface area contributed by atoms with Crippen LogP contribution in [0, 0.1) is 0 Å². The molecule has 1 amide bonds. The molecule has 1 aliphatic rings. The highest BCUT2D eigenvalue weighted by Gasteiger charge is 2.21. The van der Waals surface area contributed by atoms with Crippen molar-refractivity contribution in [3.63, 3.8) is 0 Å². The molecule has 0 aliphatic carbocycles. The van der Waals surface area contributed by atoms with Gasteiger partial charge in [-0.15, -0.1) is 0 Å². The van der Waals surface area contributed by atoms with E-state index in [-0.39, 0.29) is 5.56 Å². The van der Waals surface area contributed by atoms with Crippen LogP contribution in [0.1, 0.15) is 57.9 Å². The molecule has 1 aliphatic heterocycles. The number of aromatic nitrogens is 2. The molecule has 0 saturated carbocycles. The zero-order valence-corrected chi connectivity index (χ0v) is 25.5. The Kier molecular flexibility index (Phi) is 9.43. The maximum absolute atomic E-state index is 13.4. The van der Waals surface area contributed by atoms with Crippen LogP contribution in [0.5, 0.6) is 5.75 Å². The first-order valence-corrected chi connectivity index (χ1v) is 15.3. The summed E-state index contributed by atoms with van der Waals surface area (Å²) in [4.78, 5) is 27.8. The number of piperidine rings is 1. The van der Waals surface area contributed by atoms with E-state index < -0.39 is 11.7 Å². The minimum absolute atomic E-state index is 0.0239. The van der Waals surface area contributed by atoms with Gasteiger partial charge in [0.1, 0.15) is 16.9 Å². The van der Waals surface area contributed by atoms with Crippen molar-refractivity contribution in [3.8, 4) is 5.75 Å². The first-order valence-electron chi connectivity index (χ1n) is 14.9. The fraction of sp³-hybridized carbons (Fsp3) is 0.455. The molecule has 224 valence electrons. The molecule has 0 spiro atoms. The van der Waals surface area contributed by atoms with Gasteiger partial charge in [0.15, 0.2) is 0 Å². The third kappa shape index (κ3) is 7.47. The second-order valence-electron chi connectivity index (χ2n) is 12.0. The molecule has 1 N–H and O–H groups in total. The zero-order chi connectivity index (χ0) is 29.7. The lowest BCUT2D eigenvalue weighted by Crippen LogP contribution is -2.34.